The third-order valence-electron chi connectivity index (χ3n) is 2.57. The van der Waals surface area contributed by atoms with Gasteiger partial charge in [0.1, 0.15) is 6.67 Å². The van der Waals surface area contributed by atoms with Crippen molar-refractivity contribution in [2.24, 2.45) is 5.73 Å². The van der Waals surface area contributed by atoms with Gasteiger partial charge < -0.3 is 5.73 Å². The summed E-state index contributed by atoms with van der Waals surface area (Å²) in [7, 11) is 0. The summed E-state index contributed by atoms with van der Waals surface area (Å²) in [5.41, 5.74) is 6.33. The average molecular weight is 268 g/mol. The number of rotatable bonds is 4. The fourth-order valence-corrected chi connectivity index (χ4v) is 1.61. The van der Waals surface area contributed by atoms with Crippen molar-refractivity contribution in [3.63, 3.8) is 0 Å². The molecule has 0 aliphatic heterocycles. The molecule has 0 aliphatic rings. The summed E-state index contributed by atoms with van der Waals surface area (Å²) in [5.74, 6) is 0.00968. The van der Waals surface area contributed by atoms with Crippen LogP contribution in [0.25, 0.3) is 11.1 Å². The first-order valence-electron chi connectivity index (χ1n) is 5.50. The molecule has 7 heteroatoms. The fourth-order valence-electron chi connectivity index (χ4n) is 1.61. The first-order chi connectivity index (χ1) is 9.15. The molecule has 0 saturated carbocycles. The lowest BCUT2D eigenvalue weighted by molar-refractivity contribution is 0.151. The quantitative estimate of drug-likeness (QED) is 0.924. The number of aromatic nitrogens is 3. The van der Waals surface area contributed by atoms with Crippen molar-refractivity contribution in [2.45, 2.75) is 19.6 Å². The number of halogens is 3. The Balaban J connectivity index is 2.50. The lowest BCUT2D eigenvalue weighted by Gasteiger charge is -2.10. The van der Waals surface area contributed by atoms with Gasteiger partial charge >= 0.3 is 0 Å². The summed E-state index contributed by atoms with van der Waals surface area (Å²) in [6.07, 6.45) is 1.04. The SMILES string of the molecule is NCc1cc(-c2cnc(CF)nc2)c(C(F)F)cn1. The Morgan fingerprint density at radius 1 is 1.11 bits per heavy atom. The molecule has 0 saturated heterocycles. The van der Waals surface area contributed by atoms with Gasteiger partial charge in [0.15, 0.2) is 5.82 Å². The zero-order valence-corrected chi connectivity index (χ0v) is 9.85. The van der Waals surface area contributed by atoms with Crippen molar-refractivity contribution < 1.29 is 13.2 Å². The molecule has 0 unspecified atom stereocenters. The normalized spacial score (nSPS) is 11.0. The second-order valence-corrected chi connectivity index (χ2v) is 3.79. The molecule has 0 spiro atoms. The van der Waals surface area contributed by atoms with E-state index in [4.69, 9.17) is 5.73 Å². The maximum Gasteiger partial charge on any atom is 0.265 e. The van der Waals surface area contributed by atoms with Crippen LogP contribution in [0.5, 0.6) is 0 Å². The minimum atomic E-state index is -2.67. The number of hydrogen-bond acceptors (Lipinski definition) is 4. The topological polar surface area (TPSA) is 64.7 Å². The van der Waals surface area contributed by atoms with E-state index in [1.165, 1.54) is 18.5 Å². The summed E-state index contributed by atoms with van der Waals surface area (Å²) in [5, 5.41) is 0. The molecular weight excluding hydrogens is 257 g/mol. The lowest BCUT2D eigenvalue weighted by Crippen LogP contribution is -2.03. The minimum absolute atomic E-state index is 0.00968. The molecule has 0 aromatic carbocycles. The van der Waals surface area contributed by atoms with Crippen LogP contribution in [0.4, 0.5) is 13.2 Å². The number of nitrogens with zero attached hydrogens (tertiary/aromatic N) is 3. The van der Waals surface area contributed by atoms with E-state index < -0.39 is 13.1 Å². The van der Waals surface area contributed by atoms with Crippen molar-refractivity contribution in [3.8, 4) is 11.1 Å². The zero-order chi connectivity index (χ0) is 13.8. The van der Waals surface area contributed by atoms with Crippen LogP contribution in [-0.4, -0.2) is 15.0 Å². The smallest absolute Gasteiger partial charge is 0.265 e. The molecule has 4 nitrogen and oxygen atoms in total. The minimum Gasteiger partial charge on any atom is -0.325 e. The van der Waals surface area contributed by atoms with Crippen LogP contribution in [0.15, 0.2) is 24.7 Å². The molecule has 2 heterocycles. The van der Waals surface area contributed by atoms with Crippen molar-refractivity contribution in [2.75, 3.05) is 0 Å². The molecule has 19 heavy (non-hydrogen) atoms. The highest BCUT2D eigenvalue weighted by Gasteiger charge is 2.16. The van der Waals surface area contributed by atoms with E-state index in [9.17, 15) is 13.2 Å². The van der Waals surface area contributed by atoms with Crippen molar-refractivity contribution in [3.05, 3.63) is 41.7 Å². The van der Waals surface area contributed by atoms with Gasteiger partial charge in [-0.05, 0) is 11.6 Å². The van der Waals surface area contributed by atoms with Gasteiger partial charge in [-0.2, -0.15) is 0 Å². The van der Waals surface area contributed by atoms with Crippen LogP contribution in [0, 0.1) is 0 Å². The van der Waals surface area contributed by atoms with E-state index in [-0.39, 0.29) is 23.5 Å². The van der Waals surface area contributed by atoms with E-state index in [0.717, 1.165) is 6.20 Å². The Morgan fingerprint density at radius 2 is 1.79 bits per heavy atom. The molecule has 2 N–H and O–H groups in total. The maximum atomic E-state index is 12.9. The van der Waals surface area contributed by atoms with Gasteiger partial charge in [0.25, 0.3) is 6.43 Å². The van der Waals surface area contributed by atoms with Crippen molar-refractivity contribution in [1.82, 2.24) is 15.0 Å². The van der Waals surface area contributed by atoms with E-state index in [1.54, 1.807) is 0 Å². The summed E-state index contributed by atoms with van der Waals surface area (Å²) in [4.78, 5) is 11.3. The average Bonchev–Trinajstić information content (AvgIpc) is 2.46. The molecule has 100 valence electrons. The molecule has 0 aliphatic carbocycles. The van der Waals surface area contributed by atoms with E-state index >= 15 is 0 Å². The van der Waals surface area contributed by atoms with Crippen LogP contribution in [0.1, 0.15) is 23.5 Å². The Morgan fingerprint density at radius 3 is 2.32 bits per heavy atom. The molecule has 2 aromatic rings. The number of pyridine rings is 1. The predicted octanol–water partition coefficient (Wildman–Crippen LogP) is 2.40. The molecule has 0 amide bonds. The van der Waals surface area contributed by atoms with Crippen LogP contribution in [-0.2, 0) is 13.2 Å². The van der Waals surface area contributed by atoms with Crippen LogP contribution < -0.4 is 5.73 Å². The van der Waals surface area contributed by atoms with Gasteiger partial charge in [-0.15, -0.1) is 0 Å². The van der Waals surface area contributed by atoms with Crippen molar-refractivity contribution in [1.29, 1.82) is 0 Å². The van der Waals surface area contributed by atoms with Crippen molar-refractivity contribution >= 4 is 0 Å². The summed E-state index contributed by atoms with van der Waals surface area (Å²) in [6, 6.07) is 1.47. The zero-order valence-electron chi connectivity index (χ0n) is 9.85. The van der Waals surface area contributed by atoms with Gasteiger partial charge in [0.2, 0.25) is 0 Å². The van der Waals surface area contributed by atoms with Crippen LogP contribution in [0.2, 0.25) is 0 Å². The molecule has 2 aromatic heterocycles. The van der Waals surface area contributed by atoms with Gasteiger partial charge in [0, 0.05) is 36.3 Å². The third-order valence-corrected chi connectivity index (χ3v) is 2.57. The van der Waals surface area contributed by atoms with Gasteiger partial charge in [-0.1, -0.05) is 0 Å². The predicted molar refractivity (Wildman–Crippen MR) is 62.9 cm³/mol. The Kier molecular flexibility index (Phi) is 4.06. The van der Waals surface area contributed by atoms with E-state index in [1.807, 2.05) is 0 Å². The Hall–Kier alpha value is -2.02. The maximum absolute atomic E-state index is 12.9. The van der Waals surface area contributed by atoms with Gasteiger partial charge in [0.05, 0.1) is 5.69 Å². The second kappa shape index (κ2) is 5.75. The van der Waals surface area contributed by atoms with Crippen LogP contribution >= 0.6 is 0 Å². The monoisotopic (exact) mass is 268 g/mol. The number of hydrogen-bond donors (Lipinski definition) is 1. The van der Waals surface area contributed by atoms with Gasteiger partial charge in [-0.25, -0.2) is 23.1 Å². The number of nitrogens with two attached hydrogens (primary N) is 1. The molecular formula is C12H11F3N4. The molecule has 0 bridgehead atoms. The fraction of sp³-hybridized carbons (Fsp3) is 0.250. The second-order valence-electron chi connectivity index (χ2n) is 3.79. The molecule has 0 fully saturated rings. The van der Waals surface area contributed by atoms with E-state index in [0.29, 0.717) is 11.3 Å². The highest BCUT2D eigenvalue weighted by molar-refractivity contribution is 5.66. The summed E-state index contributed by atoms with van der Waals surface area (Å²) < 4.78 is 38.2. The molecule has 0 atom stereocenters. The first kappa shape index (κ1) is 13.4. The first-order valence-corrected chi connectivity index (χ1v) is 5.50. The highest BCUT2D eigenvalue weighted by Crippen LogP contribution is 2.30. The standard InChI is InChI=1S/C12H11F3N4/c13-2-11-18-4-7(5-19-11)9-1-8(3-16)17-6-10(9)12(14)15/h1,4-6,12H,2-3,16H2. The highest BCUT2D eigenvalue weighted by atomic mass is 19.3. The number of alkyl halides is 3. The van der Waals surface area contributed by atoms with E-state index in [2.05, 4.69) is 15.0 Å². The Labute approximate surface area is 107 Å². The third kappa shape index (κ3) is 2.87. The summed E-state index contributed by atoms with van der Waals surface area (Å²) in [6.45, 7) is -0.660. The van der Waals surface area contributed by atoms with Crippen LogP contribution in [0.3, 0.4) is 0 Å². The lowest BCUT2D eigenvalue weighted by atomic mass is 10.0. The van der Waals surface area contributed by atoms with Gasteiger partial charge in [-0.3, -0.25) is 4.98 Å². The summed E-state index contributed by atoms with van der Waals surface area (Å²) >= 11 is 0. The largest absolute Gasteiger partial charge is 0.325 e. The molecule has 0 radical (unpaired) electrons. The molecule has 2 rings (SSSR count). The Bertz CT molecular complexity index is 557.